The van der Waals surface area contributed by atoms with Crippen LogP contribution >= 0.6 is 22.7 Å². The Bertz CT molecular complexity index is 445. The molecular formula is C12H16N2S2. The summed E-state index contributed by atoms with van der Waals surface area (Å²) in [7, 11) is 0. The van der Waals surface area contributed by atoms with Gasteiger partial charge in [0, 0.05) is 22.8 Å². The quantitative estimate of drug-likeness (QED) is 0.882. The van der Waals surface area contributed by atoms with E-state index in [-0.39, 0.29) is 0 Å². The summed E-state index contributed by atoms with van der Waals surface area (Å²) in [5.74, 6) is 0. The molecule has 0 radical (unpaired) electrons. The van der Waals surface area contributed by atoms with Crippen molar-refractivity contribution in [2.45, 2.75) is 33.4 Å². The number of hydrogen-bond donors (Lipinski definition) is 1. The van der Waals surface area contributed by atoms with E-state index in [1.165, 1.54) is 15.3 Å². The van der Waals surface area contributed by atoms with Crippen molar-refractivity contribution < 1.29 is 0 Å². The van der Waals surface area contributed by atoms with Crippen LogP contribution in [-0.4, -0.2) is 4.98 Å². The van der Waals surface area contributed by atoms with Gasteiger partial charge in [-0.3, -0.25) is 0 Å². The zero-order valence-corrected chi connectivity index (χ0v) is 11.3. The second-order valence-electron chi connectivity index (χ2n) is 3.69. The van der Waals surface area contributed by atoms with Gasteiger partial charge in [-0.1, -0.05) is 6.92 Å². The SMILES string of the molecule is CCc1ccsc1CNCc1scnc1C. The minimum absolute atomic E-state index is 0.928. The zero-order chi connectivity index (χ0) is 11.4. The average molecular weight is 252 g/mol. The van der Waals surface area contributed by atoms with E-state index >= 15 is 0 Å². The molecular weight excluding hydrogens is 236 g/mol. The van der Waals surface area contributed by atoms with E-state index in [1.54, 1.807) is 11.3 Å². The molecule has 0 unspecified atom stereocenters. The Kier molecular flexibility index (Phi) is 4.09. The summed E-state index contributed by atoms with van der Waals surface area (Å²) in [6.07, 6.45) is 1.13. The van der Waals surface area contributed by atoms with Crippen LogP contribution in [0, 0.1) is 6.92 Å². The van der Waals surface area contributed by atoms with Gasteiger partial charge in [-0.2, -0.15) is 0 Å². The Hall–Kier alpha value is -0.710. The monoisotopic (exact) mass is 252 g/mol. The predicted molar refractivity (Wildman–Crippen MR) is 71.1 cm³/mol. The molecule has 0 aromatic carbocycles. The van der Waals surface area contributed by atoms with Gasteiger partial charge >= 0.3 is 0 Å². The van der Waals surface area contributed by atoms with E-state index in [0.29, 0.717) is 0 Å². The van der Waals surface area contributed by atoms with Gasteiger partial charge in [0.2, 0.25) is 0 Å². The maximum atomic E-state index is 4.25. The Morgan fingerprint density at radius 2 is 2.06 bits per heavy atom. The van der Waals surface area contributed by atoms with E-state index in [0.717, 1.165) is 25.2 Å². The normalized spacial score (nSPS) is 10.9. The number of rotatable bonds is 5. The molecule has 86 valence electrons. The highest BCUT2D eigenvalue weighted by Crippen LogP contribution is 2.17. The molecule has 0 aliphatic rings. The van der Waals surface area contributed by atoms with Gasteiger partial charge in [0.1, 0.15) is 0 Å². The number of aryl methyl sites for hydroxylation is 2. The topological polar surface area (TPSA) is 24.9 Å². The van der Waals surface area contributed by atoms with Gasteiger partial charge in [-0.15, -0.1) is 22.7 Å². The molecule has 4 heteroatoms. The first kappa shape index (κ1) is 11.8. The molecule has 2 rings (SSSR count). The van der Waals surface area contributed by atoms with E-state index in [1.807, 2.05) is 16.8 Å². The predicted octanol–water partition coefficient (Wildman–Crippen LogP) is 3.37. The highest BCUT2D eigenvalue weighted by atomic mass is 32.1. The van der Waals surface area contributed by atoms with Crippen LogP contribution in [0.3, 0.4) is 0 Å². The molecule has 2 aromatic rings. The Balaban J connectivity index is 1.87. The molecule has 2 heterocycles. The summed E-state index contributed by atoms with van der Waals surface area (Å²) in [4.78, 5) is 7.05. The second kappa shape index (κ2) is 5.57. The number of nitrogens with one attached hydrogen (secondary N) is 1. The van der Waals surface area contributed by atoms with Crippen LogP contribution in [0.4, 0.5) is 0 Å². The Labute approximate surface area is 104 Å². The van der Waals surface area contributed by atoms with Gasteiger partial charge in [0.05, 0.1) is 11.2 Å². The van der Waals surface area contributed by atoms with Crippen LogP contribution in [0.1, 0.15) is 27.9 Å². The van der Waals surface area contributed by atoms with Crippen molar-refractivity contribution in [2.24, 2.45) is 0 Å². The fraction of sp³-hybridized carbons (Fsp3) is 0.417. The van der Waals surface area contributed by atoms with Gasteiger partial charge in [-0.25, -0.2) is 4.98 Å². The molecule has 0 saturated carbocycles. The highest BCUT2D eigenvalue weighted by Gasteiger charge is 2.03. The van der Waals surface area contributed by atoms with Crippen molar-refractivity contribution in [3.05, 3.63) is 38.0 Å². The number of hydrogen-bond acceptors (Lipinski definition) is 4. The van der Waals surface area contributed by atoms with Crippen molar-refractivity contribution >= 4 is 22.7 Å². The maximum Gasteiger partial charge on any atom is 0.0798 e. The van der Waals surface area contributed by atoms with Crippen molar-refractivity contribution in [2.75, 3.05) is 0 Å². The van der Waals surface area contributed by atoms with Gasteiger partial charge in [-0.05, 0) is 30.4 Å². The van der Waals surface area contributed by atoms with Gasteiger partial charge in [0.25, 0.3) is 0 Å². The number of nitrogens with zero attached hydrogens (tertiary/aromatic N) is 1. The molecule has 0 aliphatic carbocycles. The third-order valence-electron chi connectivity index (χ3n) is 2.63. The van der Waals surface area contributed by atoms with Crippen molar-refractivity contribution in [3.63, 3.8) is 0 Å². The summed E-state index contributed by atoms with van der Waals surface area (Å²) >= 11 is 3.57. The van der Waals surface area contributed by atoms with Crippen molar-refractivity contribution in [1.29, 1.82) is 0 Å². The highest BCUT2D eigenvalue weighted by molar-refractivity contribution is 7.10. The van der Waals surface area contributed by atoms with Crippen LogP contribution in [0.15, 0.2) is 17.0 Å². The molecule has 16 heavy (non-hydrogen) atoms. The molecule has 0 bridgehead atoms. The van der Waals surface area contributed by atoms with Gasteiger partial charge in [0.15, 0.2) is 0 Å². The first-order valence-electron chi connectivity index (χ1n) is 5.46. The summed E-state index contributed by atoms with van der Waals surface area (Å²) in [5.41, 5.74) is 4.53. The molecule has 2 aromatic heterocycles. The molecule has 2 nitrogen and oxygen atoms in total. The van der Waals surface area contributed by atoms with Crippen molar-refractivity contribution in [1.82, 2.24) is 10.3 Å². The van der Waals surface area contributed by atoms with Crippen LogP contribution < -0.4 is 5.32 Å². The fourth-order valence-corrected chi connectivity index (χ4v) is 3.32. The van der Waals surface area contributed by atoms with E-state index in [4.69, 9.17) is 0 Å². The Morgan fingerprint density at radius 3 is 2.75 bits per heavy atom. The lowest BCUT2D eigenvalue weighted by molar-refractivity contribution is 0.700. The number of aromatic nitrogens is 1. The fourth-order valence-electron chi connectivity index (χ4n) is 1.62. The van der Waals surface area contributed by atoms with Crippen LogP contribution in [0.2, 0.25) is 0 Å². The number of thiazole rings is 1. The standard InChI is InChI=1S/C12H16N2S2/c1-3-10-4-5-15-12(10)7-13-6-11-9(2)14-8-16-11/h4-5,8,13H,3,6-7H2,1-2H3. The second-order valence-corrected chi connectivity index (χ2v) is 5.63. The maximum absolute atomic E-state index is 4.25. The van der Waals surface area contributed by atoms with Gasteiger partial charge < -0.3 is 5.32 Å². The lowest BCUT2D eigenvalue weighted by atomic mass is 10.2. The lowest BCUT2D eigenvalue weighted by Gasteiger charge is -2.04. The Morgan fingerprint density at radius 1 is 1.25 bits per heavy atom. The van der Waals surface area contributed by atoms with Crippen LogP contribution in [-0.2, 0) is 19.5 Å². The third-order valence-corrected chi connectivity index (χ3v) is 4.53. The van der Waals surface area contributed by atoms with E-state index in [9.17, 15) is 0 Å². The molecule has 0 spiro atoms. The molecule has 0 fully saturated rings. The first-order valence-corrected chi connectivity index (χ1v) is 7.22. The van der Waals surface area contributed by atoms with E-state index in [2.05, 4.69) is 35.6 Å². The molecule has 0 atom stereocenters. The summed E-state index contributed by atoms with van der Waals surface area (Å²) in [5, 5.41) is 5.66. The smallest absolute Gasteiger partial charge is 0.0798 e. The summed E-state index contributed by atoms with van der Waals surface area (Å²) in [6.45, 7) is 6.17. The van der Waals surface area contributed by atoms with E-state index < -0.39 is 0 Å². The zero-order valence-electron chi connectivity index (χ0n) is 9.62. The average Bonchev–Trinajstić information content (AvgIpc) is 2.88. The minimum atomic E-state index is 0.928. The number of thiophene rings is 1. The molecule has 0 amide bonds. The molecule has 1 N–H and O–H groups in total. The molecule has 0 aliphatic heterocycles. The van der Waals surface area contributed by atoms with Crippen molar-refractivity contribution in [3.8, 4) is 0 Å². The third kappa shape index (κ3) is 2.70. The summed E-state index contributed by atoms with van der Waals surface area (Å²) < 4.78 is 0. The first-order chi connectivity index (χ1) is 7.81. The van der Waals surface area contributed by atoms with Crippen LogP contribution in [0.5, 0.6) is 0 Å². The van der Waals surface area contributed by atoms with Crippen LogP contribution in [0.25, 0.3) is 0 Å². The largest absolute Gasteiger partial charge is 0.307 e. The lowest BCUT2D eigenvalue weighted by Crippen LogP contribution is -2.12. The summed E-state index contributed by atoms with van der Waals surface area (Å²) in [6, 6.07) is 2.22. The minimum Gasteiger partial charge on any atom is -0.307 e. The molecule has 0 saturated heterocycles.